The van der Waals surface area contributed by atoms with Crippen molar-refractivity contribution in [3.63, 3.8) is 0 Å². The predicted octanol–water partition coefficient (Wildman–Crippen LogP) is 0.575. The van der Waals surface area contributed by atoms with Gasteiger partial charge in [-0.05, 0) is 12.3 Å². The van der Waals surface area contributed by atoms with Crippen LogP contribution < -0.4 is 0 Å². The first-order chi connectivity index (χ1) is 4.16. The van der Waals surface area contributed by atoms with Crippen LogP contribution in [0.2, 0.25) is 0 Å². The Morgan fingerprint density at radius 1 is 1.56 bits per heavy atom. The molecule has 0 N–H and O–H groups in total. The lowest BCUT2D eigenvalue weighted by Gasteiger charge is -2.11. The third kappa shape index (κ3) is 6.06. The van der Waals surface area contributed by atoms with Crippen LogP contribution >= 0.6 is 0 Å². The second-order valence-electron chi connectivity index (χ2n) is 2.83. The Bertz CT molecular complexity index is 63.9. The van der Waals surface area contributed by atoms with Crippen LogP contribution in [0.25, 0.3) is 0 Å². The zero-order valence-corrected chi connectivity index (χ0v) is 8.68. The molecule has 0 aromatic carbocycles. The van der Waals surface area contributed by atoms with E-state index in [-0.39, 0.29) is 0 Å². The van der Waals surface area contributed by atoms with Gasteiger partial charge in [0.1, 0.15) is 0 Å². The van der Waals surface area contributed by atoms with Gasteiger partial charge < -0.3 is 4.74 Å². The second kappa shape index (κ2) is 5.00. The van der Waals surface area contributed by atoms with Crippen molar-refractivity contribution >= 4 is 10.2 Å². The molecule has 2 heteroatoms. The summed E-state index contributed by atoms with van der Waals surface area (Å²) in [4.78, 5) is 0. The standard InChI is InChI=1S/C7H17OSi/c1-4-7(9)8-5-6(2)3/h6-7H,1,4-5H2,2-3,9H3. The normalized spacial score (nSPS) is 14.7. The van der Waals surface area contributed by atoms with Crippen molar-refractivity contribution in [1.29, 1.82) is 0 Å². The summed E-state index contributed by atoms with van der Waals surface area (Å²) in [5, 5.41) is 0. The van der Waals surface area contributed by atoms with Gasteiger partial charge in [0.25, 0.3) is 0 Å². The fourth-order valence-electron chi connectivity index (χ4n) is 0.440. The Morgan fingerprint density at radius 2 is 2.11 bits per heavy atom. The quantitative estimate of drug-likeness (QED) is 0.526. The van der Waals surface area contributed by atoms with Crippen molar-refractivity contribution in [3.8, 4) is 0 Å². The maximum atomic E-state index is 5.45. The zero-order chi connectivity index (χ0) is 7.28. The predicted molar refractivity (Wildman–Crippen MR) is 44.5 cm³/mol. The molecule has 0 bridgehead atoms. The molecule has 1 nitrogen and oxygen atoms in total. The van der Waals surface area contributed by atoms with Crippen molar-refractivity contribution in [2.75, 3.05) is 6.61 Å². The van der Waals surface area contributed by atoms with Gasteiger partial charge in [0.15, 0.2) is 0 Å². The Kier molecular flexibility index (Phi) is 5.10. The van der Waals surface area contributed by atoms with E-state index in [1.165, 1.54) is 0 Å². The molecular weight excluding hydrogens is 128 g/mol. The first-order valence-corrected chi connectivity index (χ1v) is 4.73. The van der Waals surface area contributed by atoms with Gasteiger partial charge in [-0.3, -0.25) is 0 Å². The van der Waals surface area contributed by atoms with Crippen LogP contribution in [0, 0.1) is 12.8 Å². The van der Waals surface area contributed by atoms with Gasteiger partial charge in [-0.1, -0.05) is 20.8 Å². The Balaban J connectivity index is 3.06. The van der Waals surface area contributed by atoms with Crippen LogP contribution in [0.15, 0.2) is 0 Å². The van der Waals surface area contributed by atoms with Gasteiger partial charge in [-0.2, -0.15) is 0 Å². The van der Waals surface area contributed by atoms with Crippen LogP contribution in [0.5, 0.6) is 0 Å². The highest BCUT2D eigenvalue weighted by atomic mass is 28.1. The molecule has 0 heterocycles. The minimum absolute atomic E-state index is 0.465. The maximum Gasteiger partial charge on any atom is 0.0488 e. The van der Waals surface area contributed by atoms with Crippen LogP contribution in [-0.4, -0.2) is 22.6 Å². The van der Waals surface area contributed by atoms with E-state index in [1.807, 2.05) is 0 Å². The highest BCUT2D eigenvalue weighted by molar-refractivity contribution is 6.11. The summed E-state index contributed by atoms with van der Waals surface area (Å²) < 4.78 is 5.45. The molecular formula is C7H17OSi. The lowest BCUT2D eigenvalue weighted by molar-refractivity contribution is 0.0863. The van der Waals surface area contributed by atoms with E-state index in [4.69, 9.17) is 4.74 Å². The van der Waals surface area contributed by atoms with Crippen LogP contribution in [0.3, 0.4) is 0 Å². The summed E-state index contributed by atoms with van der Waals surface area (Å²) in [5.74, 6) is 0.660. The molecule has 0 aliphatic carbocycles. The van der Waals surface area contributed by atoms with Crippen LogP contribution in [0.1, 0.15) is 20.3 Å². The number of rotatable bonds is 4. The molecule has 0 fully saturated rings. The fraction of sp³-hybridized carbons (Fsp3) is 0.857. The Hall–Kier alpha value is 0.177. The van der Waals surface area contributed by atoms with E-state index in [2.05, 4.69) is 20.8 Å². The van der Waals surface area contributed by atoms with E-state index in [0.29, 0.717) is 11.6 Å². The smallest absolute Gasteiger partial charge is 0.0488 e. The van der Waals surface area contributed by atoms with Crippen molar-refractivity contribution in [1.82, 2.24) is 0 Å². The molecule has 0 saturated carbocycles. The average molecular weight is 145 g/mol. The molecule has 0 rings (SSSR count). The lowest BCUT2D eigenvalue weighted by atomic mass is 10.2. The first-order valence-electron chi connectivity index (χ1n) is 3.57. The van der Waals surface area contributed by atoms with E-state index in [0.717, 1.165) is 23.3 Å². The summed E-state index contributed by atoms with van der Waals surface area (Å²) in [7, 11) is 1.11. The number of ether oxygens (including phenoxy) is 1. The van der Waals surface area contributed by atoms with Crippen molar-refractivity contribution in [2.24, 2.45) is 5.92 Å². The van der Waals surface area contributed by atoms with E-state index in [9.17, 15) is 0 Å². The average Bonchev–Trinajstić information content (AvgIpc) is 1.83. The SMILES string of the molecule is [CH2]CC([SiH3])OCC(C)C. The van der Waals surface area contributed by atoms with Gasteiger partial charge in [-0.15, -0.1) is 0 Å². The molecule has 9 heavy (non-hydrogen) atoms. The Labute approximate surface area is 61.2 Å². The minimum Gasteiger partial charge on any atom is -0.382 e. The maximum absolute atomic E-state index is 5.45. The zero-order valence-electron chi connectivity index (χ0n) is 6.68. The monoisotopic (exact) mass is 145 g/mol. The fourth-order valence-corrected chi connectivity index (χ4v) is 0.632. The molecule has 0 saturated heterocycles. The van der Waals surface area contributed by atoms with Crippen molar-refractivity contribution in [2.45, 2.75) is 26.0 Å². The largest absolute Gasteiger partial charge is 0.382 e. The van der Waals surface area contributed by atoms with Crippen LogP contribution in [-0.2, 0) is 4.74 Å². The topological polar surface area (TPSA) is 9.23 Å². The summed E-state index contributed by atoms with van der Waals surface area (Å²) in [6.07, 6.45) is 0.930. The summed E-state index contributed by atoms with van der Waals surface area (Å²) in [6, 6.07) is 0. The summed E-state index contributed by atoms with van der Waals surface area (Å²) in [6.45, 7) is 8.99. The molecule has 1 atom stereocenters. The molecule has 0 aliphatic rings. The van der Waals surface area contributed by atoms with Gasteiger partial charge in [0.2, 0.25) is 0 Å². The van der Waals surface area contributed by atoms with Crippen LogP contribution in [0.4, 0.5) is 0 Å². The van der Waals surface area contributed by atoms with Crippen molar-refractivity contribution < 1.29 is 4.74 Å². The van der Waals surface area contributed by atoms with E-state index < -0.39 is 0 Å². The summed E-state index contributed by atoms with van der Waals surface area (Å²) in [5.41, 5.74) is 0.465. The minimum atomic E-state index is 0.465. The van der Waals surface area contributed by atoms with Gasteiger partial charge >= 0.3 is 0 Å². The lowest BCUT2D eigenvalue weighted by Crippen LogP contribution is -2.14. The van der Waals surface area contributed by atoms with Gasteiger partial charge in [-0.25, -0.2) is 0 Å². The number of hydrogen-bond acceptors (Lipinski definition) is 1. The molecule has 55 valence electrons. The Morgan fingerprint density at radius 3 is 2.44 bits per heavy atom. The molecule has 0 amide bonds. The van der Waals surface area contributed by atoms with Crippen molar-refractivity contribution in [3.05, 3.63) is 6.92 Å². The third-order valence-corrected chi connectivity index (χ3v) is 2.03. The van der Waals surface area contributed by atoms with Gasteiger partial charge in [0.05, 0.1) is 0 Å². The molecule has 0 spiro atoms. The highest BCUT2D eigenvalue weighted by Gasteiger charge is 1.98. The second-order valence-corrected chi connectivity index (χ2v) is 4.11. The number of hydrogen-bond donors (Lipinski definition) is 0. The molecule has 0 aromatic rings. The summed E-state index contributed by atoms with van der Waals surface area (Å²) >= 11 is 0. The molecule has 0 aliphatic heterocycles. The molecule has 0 aromatic heterocycles. The van der Waals surface area contributed by atoms with E-state index >= 15 is 0 Å². The third-order valence-electron chi connectivity index (χ3n) is 1.12. The van der Waals surface area contributed by atoms with Gasteiger partial charge in [0, 0.05) is 22.6 Å². The highest BCUT2D eigenvalue weighted by Crippen LogP contribution is 1.97. The molecule has 1 radical (unpaired) electrons. The first kappa shape index (κ1) is 9.18. The van der Waals surface area contributed by atoms with E-state index in [1.54, 1.807) is 0 Å². The molecule has 1 unspecified atom stereocenters.